The third-order valence-electron chi connectivity index (χ3n) is 2.20. The van der Waals surface area contributed by atoms with Gasteiger partial charge in [0.2, 0.25) is 0 Å². The summed E-state index contributed by atoms with van der Waals surface area (Å²) in [6.07, 6.45) is 0. The number of hydrogen-bond donors (Lipinski definition) is 0. The van der Waals surface area contributed by atoms with Crippen molar-refractivity contribution < 1.29 is 9.53 Å². The highest BCUT2D eigenvalue weighted by Gasteiger charge is 2.07. The van der Waals surface area contributed by atoms with Crippen LogP contribution in [0.5, 0.6) is 5.75 Å². The Bertz CT molecular complexity index is 553. The Morgan fingerprint density at radius 3 is 2.24 bits per heavy atom. The fourth-order valence-electron chi connectivity index (χ4n) is 1.34. The molecule has 0 amide bonds. The fraction of sp³-hybridized carbons (Fsp3) is 0. The molecule has 0 radical (unpaired) electrons. The molecular formula is C14H9NO2. The van der Waals surface area contributed by atoms with Gasteiger partial charge >= 0.3 is 5.97 Å². The van der Waals surface area contributed by atoms with Gasteiger partial charge in [-0.2, -0.15) is 5.26 Å². The molecule has 3 nitrogen and oxygen atoms in total. The molecule has 0 saturated carbocycles. The zero-order valence-corrected chi connectivity index (χ0v) is 8.96. The predicted octanol–water partition coefficient (Wildman–Crippen LogP) is 2.78. The quantitative estimate of drug-likeness (QED) is 0.581. The molecule has 0 aromatic heterocycles. The average Bonchev–Trinajstić information content (AvgIpc) is 2.40. The van der Waals surface area contributed by atoms with Crippen LogP contribution >= 0.6 is 0 Å². The summed E-state index contributed by atoms with van der Waals surface area (Å²) in [6.45, 7) is 0. The lowest BCUT2D eigenvalue weighted by atomic mass is 10.2. The van der Waals surface area contributed by atoms with E-state index in [9.17, 15) is 4.79 Å². The van der Waals surface area contributed by atoms with Gasteiger partial charge in [-0.25, -0.2) is 4.79 Å². The van der Waals surface area contributed by atoms with Crippen molar-refractivity contribution >= 4 is 5.97 Å². The van der Waals surface area contributed by atoms with Gasteiger partial charge in [-0.3, -0.25) is 0 Å². The number of benzene rings is 2. The minimum absolute atomic E-state index is 0.407. The van der Waals surface area contributed by atoms with Crippen LogP contribution in [0.3, 0.4) is 0 Å². The summed E-state index contributed by atoms with van der Waals surface area (Å²) in [5, 5.41) is 8.63. The molecule has 0 N–H and O–H groups in total. The molecule has 2 aromatic rings. The van der Waals surface area contributed by atoms with Crippen LogP contribution in [0.15, 0.2) is 54.6 Å². The standard InChI is InChI=1S/C14H9NO2/c15-10-11-6-8-13(9-7-11)17-14(16)12-4-2-1-3-5-12/h1-9H. The third-order valence-corrected chi connectivity index (χ3v) is 2.20. The minimum Gasteiger partial charge on any atom is -0.423 e. The van der Waals surface area contributed by atoms with Crippen molar-refractivity contribution in [1.29, 1.82) is 5.26 Å². The highest BCUT2D eigenvalue weighted by molar-refractivity contribution is 5.90. The lowest BCUT2D eigenvalue weighted by Gasteiger charge is -2.03. The van der Waals surface area contributed by atoms with Gasteiger partial charge in [0.05, 0.1) is 17.2 Å². The summed E-state index contributed by atoms with van der Waals surface area (Å²) < 4.78 is 5.15. The van der Waals surface area contributed by atoms with Crippen LogP contribution in [0.1, 0.15) is 15.9 Å². The molecule has 0 atom stereocenters. The van der Waals surface area contributed by atoms with Gasteiger partial charge in [0, 0.05) is 0 Å². The summed E-state index contributed by atoms with van der Waals surface area (Å²) >= 11 is 0. The Balaban J connectivity index is 2.11. The Kier molecular flexibility index (Phi) is 3.18. The number of carbonyl (C=O) groups excluding carboxylic acids is 1. The van der Waals surface area contributed by atoms with Gasteiger partial charge in [-0.05, 0) is 36.4 Å². The summed E-state index contributed by atoms with van der Waals surface area (Å²) in [5.41, 5.74) is 1.03. The van der Waals surface area contributed by atoms with Crippen molar-refractivity contribution in [2.75, 3.05) is 0 Å². The molecule has 2 aromatic carbocycles. The summed E-state index contributed by atoms with van der Waals surface area (Å²) in [4.78, 5) is 11.7. The molecule has 17 heavy (non-hydrogen) atoms. The van der Waals surface area contributed by atoms with Crippen molar-refractivity contribution in [2.45, 2.75) is 0 Å². The predicted molar refractivity (Wildman–Crippen MR) is 62.6 cm³/mol. The Hall–Kier alpha value is -2.60. The molecule has 0 saturated heterocycles. The van der Waals surface area contributed by atoms with Crippen LogP contribution in [0.4, 0.5) is 0 Å². The summed E-state index contributed by atoms with van der Waals surface area (Å²) in [5.74, 6) is 0.0214. The van der Waals surface area contributed by atoms with Gasteiger partial charge < -0.3 is 4.74 Å². The van der Waals surface area contributed by atoms with Gasteiger partial charge in [-0.15, -0.1) is 0 Å². The molecule has 0 fully saturated rings. The molecule has 0 unspecified atom stereocenters. The van der Waals surface area contributed by atoms with E-state index in [1.54, 1.807) is 48.5 Å². The molecule has 0 spiro atoms. The third kappa shape index (κ3) is 2.70. The van der Waals surface area contributed by atoms with E-state index >= 15 is 0 Å². The lowest BCUT2D eigenvalue weighted by molar-refractivity contribution is 0.0735. The first-order valence-corrected chi connectivity index (χ1v) is 5.07. The molecular weight excluding hydrogens is 214 g/mol. The molecule has 0 aliphatic carbocycles. The van der Waals surface area contributed by atoms with Crippen LogP contribution in [0.2, 0.25) is 0 Å². The molecule has 3 heteroatoms. The van der Waals surface area contributed by atoms with Crippen LogP contribution in [-0.4, -0.2) is 5.97 Å². The molecule has 0 bridgehead atoms. The Morgan fingerprint density at radius 2 is 1.65 bits per heavy atom. The maximum absolute atomic E-state index is 11.7. The zero-order valence-electron chi connectivity index (χ0n) is 8.96. The van der Waals surface area contributed by atoms with Crippen molar-refractivity contribution in [3.05, 3.63) is 65.7 Å². The van der Waals surface area contributed by atoms with Crippen molar-refractivity contribution in [3.8, 4) is 11.8 Å². The maximum Gasteiger partial charge on any atom is 0.343 e. The molecule has 0 aliphatic heterocycles. The highest BCUT2D eigenvalue weighted by Crippen LogP contribution is 2.13. The second-order valence-electron chi connectivity index (χ2n) is 3.39. The van der Waals surface area contributed by atoms with Gasteiger partial charge in [-0.1, -0.05) is 18.2 Å². The van der Waals surface area contributed by atoms with E-state index < -0.39 is 5.97 Å². The van der Waals surface area contributed by atoms with Crippen molar-refractivity contribution in [3.63, 3.8) is 0 Å². The lowest BCUT2D eigenvalue weighted by Crippen LogP contribution is -2.07. The van der Waals surface area contributed by atoms with Gasteiger partial charge in [0.15, 0.2) is 0 Å². The molecule has 82 valence electrons. The van der Waals surface area contributed by atoms with E-state index in [1.807, 2.05) is 12.1 Å². The summed E-state index contributed by atoms with van der Waals surface area (Å²) in [6, 6.07) is 17.2. The molecule has 0 heterocycles. The monoisotopic (exact) mass is 223 g/mol. The van der Waals surface area contributed by atoms with E-state index in [0.717, 1.165) is 0 Å². The average molecular weight is 223 g/mol. The van der Waals surface area contributed by atoms with Crippen LogP contribution in [0, 0.1) is 11.3 Å². The van der Waals surface area contributed by atoms with Crippen molar-refractivity contribution in [2.24, 2.45) is 0 Å². The Labute approximate surface area is 98.9 Å². The second kappa shape index (κ2) is 4.95. The fourth-order valence-corrected chi connectivity index (χ4v) is 1.34. The largest absolute Gasteiger partial charge is 0.423 e. The second-order valence-corrected chi connectivity index (χ2v) is 3.39. The summed E-state index contributed by atoms with van der Waals surface area (Å²) in [7, 11) is 0. The highest BCUT2D eigenvalue weighted by atomic mass is 16.5. The maximum atomic E-state index is 11.7. The van der Waals surface area contributed by atoms with E-state index in [4.69, 9.17) is 10.00 Å². The van der Waals surface area contributed by atoms with Gasteiger partial charge in [0.1, 0.15) is 5.75 Å². The first-order valence-electron chi connectivity index (χ1n) is 5.07. The van der Waals surface area contributed by atoms with E-state index in [0.29, 0.717) is 16.9 Å². The molecule has 2 rings (SSSR count). The number of ether oxygens (including phenoxy) is 1. The topological polar surface area (TPSA) is 50.1 Å². The smallest absolute Gasteiger partial charge is 0.343 e. The number of carbonyl (C=O) groups is 1. The van der Waals surface area contributed by atoms with E-state index in [1.165, 1.54) is 0 Å². The molecule has 0 aliphatic rings. The van der Waals surface area contributed by atoms with Gasteiger partial charge in [0.25, 0.3) is 0 Å². The normalized spacial score (nSPS) is 9.35. The number of esters is 1. The first-order chi connectivity index (χ1) is 8.29. The van der Waals surface area contributed by atoms with Crippen LogP contribution < -0.4 is 4.74 Å². The number of nitrogens with zero attached hydrogens (tertiary/aromatic N) is 1. The first kappa shape index (κ1) is 10.9. The van der Waals surface area contributed by atoms with E-state index in [2.05, 4.69) is 0 Å². The van der Waals surface area contributed by atoms with Crippen LogP contribution in [-0.2, 0) is 0 Å². The number of rotatable bonds is 2. The number of nitriles is 1. The number of hydrogen-bond acceptors (Lipinski definition) is 3. The van der Waals surface area contributed by atoms with E-state index in [-0.39, 0.29) is 0 Å². The zero-order chi connectivity index (χ0) is 12.1. The minimum atomic E-state index is -0.407. The van der Waals surface area contributed by atoms with Crippen LogP contribution in [0.25, 0.3) is 0 Å². The van der Waals surface area contributed by atoms with Crippen molar-refractivity contribution in [1.82, 2.24) is 0 Å². The Morgan fingerprint density at radius 1 is 1.00 bits per heavy atom. The SMILES string of the molecule is N#Cc1ccc(OC(=O)c2ccccc2)cc1.